The van der Waals surface area contributed by atoms with Gasteiger partial charge >= 0.3 is 0 Å². The maximum absolute atomic E-state index is 13.8. The summed E-state index contributed by atoms with van der Waals surface area (Å²) in [6, 6.07) is 12.3. The smallest absolute Gasteiger partial charge is 0.290 e. The van der Waals surface area contributed by atoms with E-state index < -0.39 is 6.04 Å². The maximum Gasteiger partial charge on any atom is 0.290 e. The fourth-order valence-electron chi connectivity index (χ4n) is 4.90. The first kappa shape index (κ1) is 24.3. The van der Waals surface area contributed by atoms with Gasteiger partial charge in [-0.05, 0) is 43.2 Å². The van der Waals surface area contributed by atoms with Crippen LogP contribution in [0.25, 0.3) is 11.0 Å². The van der Waals surface area contributed by atoms with Gasteiger partial charge < -0.3 is 23.5 Å². The number of carbonyl (C=O) groups is 1. The average molecular weight is 493 g/mol. The van der Waals surface area contributed by atoms with Crippen molar-refractivity contribution in [1.29, 1.82) is 0 Å². The first-order valence-corrected chi connectivity index (χ1v) is 12.7. The molecule has 3 heterocycles. The van der Waals surface area contributed by atoms with Gasteiger partial charge in [0.15, 0.2) is 5.43 Å². The minimum Gasteiger partial charge on any atom is -0.494 e. The van der Waals surface area contributed by atoms with E-state index in [0.717, 1.165) is 30.8 Å². The van der Waals surface area contributed by atoms with Crippen LogP contribution < -0.4 is 14.9 Å². The Morgan fingerprint density at radius 3 is 2.56 bits per heavy atom. The minimum atomic E-state index is -0.550. The van der Waals surface area contributed by atoms with E-state index in [1.807, 2.05) is 31.2 Å². The molecular weight excluding hydrogens is 460 g/mol. The van der Waals surface area contributed by atoms with E-state index in [1.54, 1.807) is 23.1 Å². The molecule has 5 rings (SSSR count). The third-order valence-electron chi connectivity index (χ3n) is 6.66. The third kappa shape index (κ3) is 4.70. The zero-order valence-electron chi connectivity index (χ0n) is 20.8. The number of hydrogen-bond donors (Lipinski definition) is 0. The molecule has 190 valence electrons. The SMILES string of the molecule is CCCOc1cccc(C2c3c(oc4cc(OCC)ccc4c3=O)C(=O)N2CCN2CCOCC2)c1. The van der Waals surface area contributed by atoms with Crippen molar-refractivity contribution in [3.63, 3.8) is 0 Å². The van der Waals surface area contributed by atoms with Crippen molar-refractivity contribution < 1.29 is 23.4 Å². The number of amides is 1. The van der Waals surface area contributed by atoms with Gasteiger partial charge in [-0.15, -0.1) is 0 Å². The summed E-state index contributed by atoms with van der Waals surface area (Å²) >= 11 is 0. The van der Waals surface area contributed by atoms with Crippen LogP contribution in [-0.4, -0.2) is 68.3 Å². The molecule has 3 aromatic rings. The molecule has 0 N–H and O–H groups in total. The molecule has 8 heteroatoms. The van der Waals surface area contributed by atoms with Gasteiger partial charge in [0, 0.05) is 32.2 Å². The van der Waals surface area contributed by atoms with E-state index in [2.05, 4.69) is 11.8 Å². The first-order valence-electron chi connectivity index (χ1n) is 12.7. The van der Waals surface area contributed by atoms with Crippen LogP contribution in [0.1, 0.15) is 48.0 Å². The third-order valence-corrected chi connectivity index (χ3v) is 6.66. The lowest BCUT2D eigenvalue weighted by Gasteiger charge is -2.31. The molecule has 0 spiro atoms. The number of fused-ring (bicyclic) bond motifs is 2. The van der Waals surface area contributed by atoms with Crippen molar-refractivity contribution in [2.75, 3.05) is 52.6 Å². The van der Waals surface area contributed by atoms with Crippen molar-refractivity contribution in [2.45, 2.75) is 26.3 Å². The summed E-state index contributed by atoms with van der Waals surface area (Å²) in [5.41, 5.74) is 1.37. The van der Waals surface area contributed by atoms with Crippen LogP contribution in [-0.2, 0) is 4.74 Å². The molecule has 8 nitrogen and oxygen atoms in total. The van der Waals surface area contributed by atoms with Gasteiger partial charge in [-0.2, -0.15) is 0 Å². The molecule has 0 aliphatic carbocycles. The number of benzene rings is 2. The van der Waals surface area contributed by atoms with Gasteiger partial charge in [0.05, 0.1) is 43.4 Å². The van der Waals surface area contributed by atoms with Crippen molar-refractivity contribution >= 4 is 16.9 Å². The average Bonchev–Trinajstić information content (AvgIpc) is 3.18. The van der Waals surface area contributed by atoms with Gasteiger partial charge in [-0.1, -0.05) is 19.1 Å². The first-order chi connectivity index (χ1) is 17.6. The Hall–Kier alpha value is -3.36. The molecule has 1 unspecified atom stereocenters. The van der Waals surface area contributed by atoms with Crippen LogP contribution in [0.5, 0.6) is 11.5 Å². The van der Waals surface area contributed by atoms with Crippen LogP contribution in [0.4, 0.5) is 0 Å². The maximum atomic E-state index is 13.8. The molecule has 36 heavy (non-hydrogen) atoms. The Balaban J connectivity index is 1.58. The summed E-state index contributed by atoms with van der Waals surface area (Å²) in [5, 5.41) is 0.434. The highest BCUT2D eigenvalue weighted by molar-refractivity contribution is 5.99. The second-order valence-corrected chi connectivity index (χ2v) is 9.04. The second-order valence-electron chi connectivity index (χ2n) is 9.04. The molecule has 0 radical (unpaired) electrons. The van der Waals surface area contributed by atoms with Crippen molar-refractivity contribution in [3.05, 3.63) is 69.6 Å². The molecule has 1 saturated heterocycles. The van der Waals surface area contributed by atoms with Crippen LogP contribution in [0, 0.1) is 0 Å². The Kier molecular flexibility index (Phi) is 7.25. The number of rotatable bonds is 9. The Bertz CT molecular complexity index is 1300. The van der Waals surface area contributed by atoms with Gasteiger partial charge in [-0.25, -0.2) is 0 Å². The van der Waals surface area contributed by atoms with Crippen molar-refractivity contribution in [1.82, 2.24) is 9.80 Å². The Morgan fingerprint density at radius 2 is 1.78 bits per heavy atom. The molecule has 1 atom stereocenters. The molecule has 2 aliphatic heterocycles. The number of carbonyl (C=O) groups excluding carboxylic acids is 1. The van der Waals surface area contributed by atoms with Gasteiger partial charge in [0.2, 0.25) is 5.76 Å². The van der Waals surface area contributed by atoms with Crippen LogP contribution in [0.3, 0.4) is 0 Å². The van der Waals surface area contributed by atoms with Gasteiger partial charge in [0.25, 0.3) is 5.91 Å². The van der Waals surface area contributed by atoms with Gasteiger partial charge in [0.1, 0.15) is 17.1 Å². The highest BCUT2D eigenvalue weighted by Crippen LogP contribution is 2.39. The summed E-state index contributed by atoms with van der Waals surface area (Å²) in [5.74, 6) is 1.15. The predicted molar refractivity (Wildman–Crippen MR) is 136 cm³/mol. The summed E-state index contributed by atoms with van der Waals surface area (Å²) in [7, 11) is 0. The largest absolute Gasteiger partial charge is 0.494 e. The van der Waals surface area contributed by atoms with E-state index in [-0.39, 0.29) is 17.1 Å². The summed E-state index contributed by atoms with van der Waals surface area (Å²) in [6.45, 7) is 9.19. The Morgan fingerprint density at radius 1 is 0.972 bits per heavy atom. The molecule has 0 bridgehead atoms. The molecule has 0 saturated carbocycles. The quantitative estimate of drug-likeness (QED) is 0.449. The second kappa shape index (κ2) is 10.7. The normalized spacial score (nSPS) is 18.0. The van der Waals surface area contributed by atoms with Crippen LogP contribution in [0.2, 0.25) is 0 Å². The zero-order chi connectivity index (χ0) is 25.1. The summed E-state index contributed by atoms with van der Waals surface area (Å²) in [4.78, 5) is 31.5. The van der Waals surface area contributed by atoms with E-state index in [4.69, 9.17) is 18.6 Å². The van der Waals surface area contributed by atoms with E-state index in [0.29, 0.717) is 61.8 Å². The highest BCUT2D eigenvalue weighted by atomic mass is 16.5. The molecule has 1 amide bonds. The summed E-state index contributed by atoms with van der Waals surface area (Å²) in [6.07, 6.45) is 0.889. The van der Waals surface area contributed by atoms with E-state index >= 15 is 0 Å². The van der Waals surface area contributed by atoms with Crippen molar-refractivity contribution in [2.24, 2.45) is 0 Å². The molecule has 1 aromatic heterocycles. The van der Waals surface area contributed by atoms with Crippen LogP contribution >= 0.6 is 0 Å². The van der Waals surface area contributed by atoms with Crippen LogP contribution in [0.15, 0.2) is 51.7 Å². The zero-order valence-corrected chi connectivity index (χ0v) is 20.8. The number of nitrogens with zero attached hydrogens (tertiary/aromatic N) is 2. The minimum absolute atomic E-state index is 0.105. The molecule has 2 aliphatic rings. The fourth-order valence-corrected chi connectivity index (χ4v) is 4.90. The predicted octanol–water partition coefficient (Wildman–Crippen LogP) is 3.86. The topological polar surface area (TPSA) is 81.5 Å². The highest BCUT2D eigenvalue weighted by Gasteiger charge is 2.42. The lowest BCUT2D eigenvalue weighted by atomic mass is 9.98. The standard InChI is InChI=1S/C28H32N2O6/c1-3-14-35-20-7-5-6-19(17-20)25-24-26(31)22-9-8-21(34-4-2)18-23(22)36-27(24)28(32)30(25)11-10-29-12-15-33-16-13-29/h5-9,17-18,25H,3-4,10-16H2,1-2H3. The number of ether oxygens (including phenoxy) is 3. The lowest BCUT2D eigenvalue weighted by molar-refractivity contribution is 0.0314. The summed E-state index contributed by atoms with van der Waals surface area (Å²) < 4.78 is 23.0. The van der Waals surface area contributed by atoms with E-state index in [1.165, 1.54) is 0 Å². The number of hydrogen-bond acceptors (Lipinski definition) is 7. The molecule has 1 fully saturated rings. The molecule has 2 aromatic carbocycles. The lowest BCUT2D eigenvalue weighted by Crippen LogP contribution is -2.42. The molecular formula is C28H32N2O6. The fraction of sp³-hybridized carbons (Fsp3) is 0.429. The van der Waals surface area contributed by atoms with Gasteiger partial charge in [-0.3, -0.25) is 14.5 Å². The number of morpholine rings is 1. The Labute approximate surface area is 210 Å². The van der Waals surface area contributed by atoms with Crippen molar-refractivity contribution in [3.8, 4) is 11.5 Å². The monoisotopic (exact) mass is 492 g/mol. The van der Waals surface area contributed by atoms with E-state index in [9.17, 15) is 9.59 Å².